The molecule has 1 heterocycles. The summed E-state index contributed by atoms with van der Waals surface area (Å²) in [5.41, 5.74) is 1.89. The first-order chi connectivity index (χ1) is 11.9. The highest BCUT2D eigenvalue weighted by molar-refractivity contribution is 7.90. The van der Waals surface area contributed by atoms with Crippen LogP contribution in [0.5, 0.6) is 5.75 Å². The van der Waals surface area contributed by atoms with Crippen molar-refractivity contribution in [3.63, 3.8) is 0 Å². The minimum absolute atomic E-state index is 0.0438. The Morgan fingerprint density at radius 3 is 2.76 bits per heavy atom. The van der Waals surface area contributed by atoms with Crippen LogP contribution in [-0.2, 0) is 10.0 Å². The third-order valence-electron chi connectivity index (χ3n) is 3.94. The minimum Gasteiger partial charge on any atom is -0.492 e. The predicted octanol–water partition coefficient (Wildman–Crippen LogP) is 4.41. The summed E-state index contributed by atoms with van der Waals surface area (Å²) >= 11 is 6.19. The average Bonchev–Trinajstić information content (AvgIpc) is 3.02. The number of hydrogen-bond donors (Lipinski definition) is 0. The Hall–Kier alpha value is -2.05. The predicted molar refractivity (Wildman–Crippen MR) is 98.9 cm³/mol. The van der Waals surface area contributed by atoms with Crippen molar-refractivity contribution in [3.05, 3.63) is 53.3 Å². The lowest BCUT2D eigenvalue weighted by Crippen LogP contribution is -2.14. The first kappa shape index (κ1) is 17.8. The number of aromatic nitrogens is 2. The highest BCUT2D eigenvalue weighted by Crippen LogP contribution is 2.33. The third kappa shape index (κ3) is 3.37. The third-order valence-corrected chi connectivity index (χ3v) is 6.03. The fourth-order valence-corrected chi connectivity index (χ4v) is 4.18. The molecule has 0 atom stereocenters. The van der Waals surface area contributed by atoms with Crippen LogP contribution in [0.25, 0.3) is 11.0 Å². The smallest absolute Gasteiger partial charge is 0.273 e. The summed E-state index contributed by atoms with van der Waals surface area (Å²) in [5.74, 6) is 0.313. The molecular weight excluding hydrogens is 360 g/mol. The SMILES string of the molecule is CCCCOc1cc(C)c(Cl)cc1S(=O)(=O)n1cnc2ccccc21. The summed E-state index contributed by atoms with van der Waals surface area (Å²) < 4.78 is 33.3. The monoisotopic (exact) mass is 378 g/mol. The number of fused-ring (bicyclic) bond motifs is 1. The lowest BCUT2D eigenvalue weighted by molar-refractivity contribution is 0.301. The van der Waals surface area contributed by atoms with Crippen LogP contribution in [0.3, 0.4) is 0 Å². The van der Waals surface area contributed by atoms with Crippen LogP contribution >= 0.6 is 11.6 Å². The number of rotatable bonds is 6. The van der Waals surface area contributed by atoms with E-state index in [-0.39, 0.29) is 4.90 Å². The molecule has 0 fully saturated rings. The second kappa shape index (κ2) is 7.06. The van der Waals surface area contributed by atoms with E-state index in [2.05, 4.69) is 4.98 Å². The minimum atomic E-state index is -3.88. The van der Waals surface area contributed by atoms with Crippen LogP contribution in [-0.4, -0.2) is 24.0 Å². The Balaban J connectivity index is 2.14. The molecule has 1 aromatic heterocycles. The van der Waals surface area contributed by atoms with Gasteiger partial charge in [-0.1, -0.05) is 37.1 Å². The molecule has 5 nitrogen and oxygen atoms in total. The number of aryl methyl sites for hydroxylation is 1. The number of nitrogens with zero attached hydrogens (tertiary/aromatic N) is 2. The number of halogens is 1. The van der Waals surface area contributed by atoms with Crippen molar-refractivity contribution in [2.75, 3.05) is 6.61 Å². The van der Waals surface area contributed by atoms with Gasteiger partial charge in [-0.3, -0.25) is 0 Å². The van der Waals surface area contributed by atoms with Gasteiger partial charge in [0, 0.05) is 5.02 Å². The molecule has 2 aromatic carbocycles. The van der Waals surface area contributed by atoms with E-state index in [1.807, 2.05) is 19.9 Å². The quantitative estimate of drug-likeness (QED) is 0.596. The van der Waals surface area contributed by atoms with Crippen molar-refractivity contribution in [2.45, 2.75) is 31.6 Å². The lowest BCUT2D eigenvalue weighted by atomic mass is 10.2. The Labute approximate surface area is 152 Å². The molecule has 3 aromatic rings. The van der Waals surface area contributed by atoms with Crippen LogP contribution in [0.2, 0.25) is 5.02 Å². The van der Waals surface area contributed by atoms with E-state index in [1.165, 1.54) is 12.4 Å². The summed E-state index contributed by atoms with van der Waals surface area (Å²) in [4.78, 5) is 4.21. The maximum absolute atomic E-state index is 13.2. The zero-order valence-corrected chi connectivity index (χ0v) is 15.6. The van der Waals surface area contributed by atoms with Gasteiger partial charge in [-0.15, -0.1) is 0 Å². The Bertz CT molecular complexity index is 1010. The highest BCUT2D eigenvalue weighted by Gasteiger charge is 2.25. The summed E-state index contributed by atoms with van der Waals surface area (Å²) in [6, 6.07) is 10.2. The first-order valence-electron chi connectivity index (χ1n) is 8.05. The van der Waals surface area contributed by atoms with Crippen molar-refractivity contribution in [1.82, 2.24) is 8.96 Å². The van der Waals surface area contributed by atoms with Crippen LogP contribution in [0.15, 0.2) is 47.6 Å². The number of imidazole rings is 1. The van der Waals surface area contributed by atoms with Gasteiger partial charge in [0.25, 0.3) is 10.0 Å². The molecule has 0 aliphatic carbocycles. The van der Waals surface area contributed by atoms with Gasteiger partial charge in [0.1, 0.15) is 17.0 Å². The Morgan fingerprint density at radius 2 is 2.00 bits per heavy atom. The molecule has 132 valence electrons. The van der Waals surface area contributed by atoms with E-state index < -0.39 is 10.0 Å². The molecule has 0 N–H and O–H groups in total. The summed E-state index contributed by atoms with van der Waals surface area (Å²) in [7, 11) is -3.88. The van der Waals surface area contributed by atoms with E-state index in [4.69, 9.17) is 16.3 Å². The molecule has 0 radical (unpaired) electrons. The van der Waals surface area contributed by atoms with Gasteiger partial charge in [-0.25, -0.2) is 17.4 Å². The van der Waals surface area contributed by atoms with Gasteiger partial charge in [-0.2, -0.15) is 0 Å². The number of unbranched alkanes of at least 4 members (excludes halogenated alkanes) is 1. The summed E-state index contributed by atoms with van der Waals surface area (Å²) in [6.45, 7) is 4.31. The number of benzene rings is 2. The molecule has 0 bridgehead atoms. The van der Waals surface area contributed by atoms with Gasteiger partial charge < -0.3 is 4.74 Å². The number of ether oxygens (including phenoxy) is 1. The van der Waals surface area contributed by atoms with E-state index in [1.54, 1.807) is 24.3 Å². The fraction of sp³-hybridized carbons (Fsp3) is 0.278. The van der Waals surface area contributed by atoms with Crippen molar-refractivity contribution in [3.8, 4) is 5.75 Å². The summed E-state index contributed by atoms with van der Waals surface area (Å²) in [6.07, 6.45) is 3.11. The van der Waals surface area contributed by atoms with Crippen LogP contribution in [0, 0.1) is 6.92 Å². The fourth-order valence-electron chi connectivity index (χ4n) is 2.51. The molecule has 0 aliphatic heterocycles. The van der Waals surface area contributed by atoms with Crippen molar-refractivity contribution < 1.29 is 13.2 Å². The second-order valence-corrected chi connectivity index (χ2v) is 7.97. The first-order valence-corrected chi connectivity index (χ1v) is 9.87. The molecule has 0 unspecified atom stereocenters. The average molecular weight is 379 g/mol. The topological polar surface area (TPSA) is 61.2 Å². The zero-order chi connectivity index (χ0) is 18.0. The van der Waals surface area contributed by atoms with Crippen LogP contribution < -0.4 is 4.74 Å². The Morgan fingerprint density at radius 1 is 1.24 bits per heavy atom. The summed E-state index contributed by atoms with van der Waals surface area (Å²) in [5, 5.41) is 0.380. The van der Waals surface area contributed by atoms with Crippen molar-refractivity contribution in [1.29, 1.82) is 0 Å². The maximum atomic E-state index is 13.2. The normalized spacial score (nSPS) is 11.8. The van der Waals surface area contributed by atoms with Gasteiger partial charge >= 0.3 is 0 Å². The second-order valence-electron chi connectivity index (χ2n) is 5.78. The maximum Gasteiger partial charge on any atom is 0.273 e. The van der Waals surface area contributed by atoms with Crippen LogP contribution in [0.4, 0.5) is 0 Å². The van der Waals surface area contributed by atoms with E-state index in [0.717, 1.165) is 22.4 Å². The zero-order valence-electron chi connectivity index (χ0n) is 14.1. The molecule has 3 rings (SSSR count). The standard InChI is InChI=1S/C18H19ClN2O3S/c1-3-4-9-24-17-10-13(2)14(19)11-18(17)25(22,23)21-12-20-15-7-5-6-8-16(15)21/h5-8,10-12H,3-4,9H2,1-2H3. The lowest BCUT2D eigenvalue weighted by Gasteiger charge is -2.14. The molecule has 0 aliphatic rings. The molecule has 7 heteroatoms. The van der Waals surface area contributed by atoms with Crippen molar-refractivity contribution in [2.24, 2.45) is 0 Å². The number of para-hydroxylation sites is 2. The highest BCUT2D eigenvalue weighted by atomic mass is 35.5. The van der Waals surface area contributed by atoms with Gasteiger partial charge in [0.05, 0.1) is 17.6 Å². The molecule has 0 amide bonds. The molecule has 25 heavy (non-hydrogen) atoms. The Kier molecular flexibility index (Phi) is 5.01. The number of hydrogen-bond acceptors (Lipinski definition) is 4. The molecule has 0 saturated heterocycles. The van der Waals surface area contributed by atoms with Crippen LogP contribution in [0.1, 0.15) is 25.3 Å². The largest absolute Gasteiger partial charge is 0.492 e. The van der Waals surface area contributed by atoms with Gasteiger partial charge in [-0.05, 0) is 43.2 Å². The van der Waals surface area contributed by atoms with E-state index in [0.29, 0.717) is 28.4 Å². The molecule has 0 saturated carbocycles. The van der Waals surface area contributed by atoms with Gasteiger partial charge in [0.15, 0.2) is 0 Å². The molecular formula is C18H19ClN2O3S. The molecule has 0 spiro atoms. The van der Waals surface area contributed by atoms with E-state index in [9.17, 15) is 8.42 Å². The van der Waals surface area contributed by atoms with Gasteiger partial charge in [0.2, 0.25) is 0 Å². The van der Waals surface area contributed by atoms with E-state index >= 15 is 0 Å². The van der Waals surface area contributed by atoms with Crippen molar-refractivity contribution >= 4 is 32.7 Å².